The summed E-state index contributed by atoms with van der Waals surface area (Å²) in [6.07, 6.45) is -2.82. The standard InChI is InChI=1S/C7H6ClF3N2/c8-2-5-3(9)1-4(12)6(13-5)7(10)11/h1,7H,2,12H2. The Kier molecular flexibility index (Phi) is 2.98. The molecule has 0 aliphatic rings. The lowest BCUT2D eigenvalue weighted by molar-refractivity contribution is 0.146. The van der Waals surface area contributed by atoms with Crippen LogP contribution in [-0.2, 0) is 5.88 Å². The molecule has 0 unspecified atom stereocenters. The first-order valence-corrected chi connectivity index (χ1v) is 3.88. The Morgan fingerprint density at radius 3 is 2.62 bits per heavy atom. The predicted molar refractivity (Wildman–Crippen MR) is 43.1 cm³/mol. The molecule has 0 atom stereocenters. The summed E-state index contributed by atoms with van der Waals surface area (Å²) in [6, 6.07) is 0.798. The summed E-state index contributed by atoms with van der Waals surface area (Å²) in [7, 11) is 0. The van der Waals surface area contributed by atoms with Crippen molar-refractivity contribution in [2.24, 2.45) is 0 Å². The van der Waals surface area contributed by atoms with Gasteiger partial charge in [0.05, 0.1) is 17.3 Å². The molecule has 0 spiro atoms. The summed E-state index contributed by atoms with van der Waals surface area (Å²) in [5.74, 6) is -1.02. The average molecular weight is 211 g/mol. The second-order valence-electron chi connectivity index (χ2n) is 2.33. The fourth-order valence-electron chi connectivity index (χ4n) is 0.826. The SMILES string of the molecule is Nc1cc(F)c(CCl)nc1C(F)F. The summed E-state index contributed by atoms with van der Waals surface area (Å²) in [4.78, 5) is 3.31. The van der Waals surface area contributed by atoms with Crippen molar-refractivity contribution >= 4 is 17.3 Å². The minimum absolute atomic E-state index is 0.217. The Morgan fingerprint density at radius 2 is 2.15 bits per heavy atom. The zero-order chi connectivity index (χ0) is 10.0. The van der Waals surface area contributed by atoms with Crippen LogP contribution in [0.2, 0.25) is 0 Å². The van der Waals surface area contributed by atoms with Gasteiger partial charge in [-0.1, -0.05) is 0 Å². The van der Waals surface area contributed by atoms with Crippen molar-refractivity contribution in [3.8, 4) is 0 Å². The summed E-state index contributed by atoms with van der Waals surface area (Å²) in [6.45, 7) is 0. The quantitative estimate of drug-likeness (QED) is 0.762. The van der Waals surface area contributed by atoms with Crippen LogP contribution in [0.15, 0.2) is 6.07 Å². The van der Waals surface area contributed by atoms with Crippen molar-refractivity contribution in [1.82, 2.24) is 4.98 Å². The third kappa shape index (κ3) is 2.03. The molecule has 0 saturated carbocycles. The Labute approximate surface area is 77.5 Å². The third-order valence-corrected chi connectivity index (χ3v) is 1.70. The normalized spacial score (nSPS) is 10.8. The summed E-state index contributed by atoms with van der Waals surface area (Å²) in [5.41, 5.74) is 3.92. The molecule has 1 aromatic rings. The smallest absolute Gasteiger partial charge is 0.282 e. The Morgan fingerprint density at radius 1 is 1.54 bits per heavy atom. The van der Waals surface area contributed by atoms with E-state index in [1.54, 1.807) is 0 Å². The summed E-state index contributed by atoms with van der Waals surface area (Å²) >= 11 is 5.27. The molecule has 0 amide bonds. The number of nitrogens with two attached hydrogens (primary N) is 1. The number of alkyl halides is 3. The molecule has 1 heterocycles. The van der Waals surface area contributed by atoms with Crippen LogP contribution in [0.1, 0.15) is 17.8 Å². The van der Waals surface area contributed by atoms with E-state index >= 15 is 0 Å². The molecular formula is C7H6ClF3N2. The lowest BCUT2D eigenvalue weighted by Gasteiger charge is -2.05. The van der Waals surface area contributed by atoms with E-state index in [9.17, 15) is 13.2 Å². The van der Waals surface area contributed by atoms with Crippen LogP contribution in [0.25, 0.3) is 0 Å². The van der Waals surface area contributed by atoms with Gasteiger partial charge in [0.15, 0.2) is 0 Å². The van der Waals surface area contributed by atoms with Crippen LogP contribution in [-0.4, -0.2) is 4.98 Å². The zero-order valence-electron chi connectivity index (χ0n) is 6.40. The van der Waals surface area contributed by atoms with Gasteiger partial charge in [0.25, 0.3) is 6.43 Å². The van der Waals surface area contributed by atoms with Crippen molar-refractivity contribution in [3.63, 3.8) is 0 Å². The molecule has 1 rings (SSSR count). The van der Waals surface area contributed by atoms with Crippen LogP contribution in [0.5, 0.6) is 0 Å². The number of aromatic nitrogens is 1. The Balaban J connectivity index is 3.22. The number of hydrogen-bond donors (Lipinski definition) is 1. The molecule has 0 aliphatic heterocycles. The van der Waals surface area contributed by atoms with Crippen molar-refractivity contribution < 1.29 is 13.2 Å². The molecule has 6 heteroatoms. The average Bonchev–Trinajstić information content (AvgIpc) is 2.03. The van der Waals surface area contributed by atoms with Crippen molar-refractivity contribution in [2.75, 3.05) is 5.73 Å². The van der Waals surface area contributed by atoms with Crippen molar-refractivity contribution in [3.05, 3.63) is 23.3 Å². The minimum Gasteiger partial charge on any atom is -0.397 e. The zero-order valence-corrected chi connectivity index (χ0v) is 7.15. The maximum Gasteiger partial charge on any atom is 0.282 e. The highest BCUT2D eigenvalue weighted by Gasteiger charge is 2.16. The van der Waals surface area contributed by atoms with E-state index in [0.717, 1.165) is 6.07 Å². The molecular weight excluding hydrogens is 205 g/mol. The van der Waals surface area contributed by atoms with E-state index in [-0.39, 0.29) is 17.3 Å². The number of anilines is 1. The molecule has 1 aromatic heterocycles. The number of nitrogens with zero attached hydrogens (tertiary/aromatic N) is 1. The van der Waals surface area contributed by atoms with E-state index in [1.807, 2.05) is 0 Å². The third-order valence-electron chi connectivity index (χ3n) is 1.44. The monoisotopic (exact) mass is 210 g/mol. The topological polar surface area (TPSA) is 38.9 Å². The van der Waals surface area contributed by atoms with Crippen LogP contribution in [0.4, 0.5) is 18.9 Å². The highest BCUT2D eigenvalue weighted by atomic mass is 35.5. The lowest BCUT2D eigenvalue weighted by atomic mass is 10.2. The Hall–Kier alpha value is -0.970. The van der Waals surface area contributed by atoms with E-state index in [4.69, 9.17) is 17.3 Å². The van der Waals surface area contributed by atoms with Crippen molar-refractivity contribution in [2.45, 2.75) is 12.3 Å². The van der Waals surface area contributed by atoms with Gasteiger partial charge in [-0.15, -0.1) is 11.6 Å². The predicted octanol–water partition coefficient (Wildman–Crippen LogP) is 2.48. The molecule has 2 N–H and O–H groups in total. The molecule has 0 bridgehead atoms. The molecule has 0 aliphatic carbocycles. The van der Waals surface area contributed by atoms with E-state index < -0.39 is 17.9 Å². The first kappa shape index (κ1) is 10.1. The van der Waals surface area contributed by atoms with E-state index in [2.05, 4.69) is 4.98 Å². The maximum atomic E-state index is 12.8. The summed E-state index contributed by atoms with van der Waals surface area (Å²) < 4.78 is 37.2. The minimum atomic E-state index is -2.82. The second kappa shape index (κ2) is 3.83. The fourth-order valence-corrected chi connectivity index (χ4v) is 1.01. The Bertz CT molecular complexity index is 317. The van der Waals surface area contributed by atoms with Gasteiger partial charge in [-0.2, -0.15) is 0 Å². The van der Waals surface area contributed by atoms with Crippen LogP contribution >= 0.6 is 11.6 Å². The van der Waals surface area contributed by atoms with Gasteiger partial charge in [0.1, 0.15) is 11.5 Å². The largest absolute Gasteiger partial charge is 0.397 e. The van der Waals surface area contributed by atoms with E-state index in [0.29, 0.717) is 0 Å². The van der Waals surface area contributed by atoms with E-state index in [1.165, 1.54) is 0 Å². The van der Waals surface area contributed by atoms with Gasteiger partial charge in [-0.3, -0.25) is 0 Å². The van der Waals surface area contributed by atoms with Crippen LogP contribution in [0, 0.1) is 5.82 Å². The molecule has 0 fully saturated rings. The van der Waals surface area contributed by atoms with Crippen LogP contribution < -0.4 is 5.73 Å². The highest BCUT2D eigenvalue weighted by Crippen LogP contribution is 2.24. The lowest BCUT2D eigenvalue weighted by Crippen LogP contribution is -2.03. The number of hydrogen-bond acceptors (Lipinski definition) is 2. The fraction of sp³-hybridized carbons (Fsp3) is 0.286. The van der Waals surface area contributed by atoms with Crippen LogP contribution in [0.3, 0.4) is 0 Å². The van der Waals surface area contributed by atoms with Gasteiger partial charge in [-0.05, 0) is 0 Å². The van der Waals surface area contributed by atoms with Gasteiger partial charge < -0.3 is 5.73 Å². The first-order valence-electron chi connectivity index (χ1n) is 3.35. The molecule has 72 valence electrons. The number of pyridine rings is 1. The number of halogens is 4. The van der Waals surface area contributed by atoms with Gasteiger partial charge in [0, 0.05) is 6.07 Å². The number of rotatable bonds is 2. The molecule has 0 saturated heterocycles. The number of nitrogen functional groups attached to an aromatic ring is 1. The maximum absolute atomic E-state index is 12.8. The van der Waals surface area contributed by atoms with Gasteiger partial charge in [-0.25, -0.2) is 18.2 Å². The first-order chi connectivity index (χ1) is 6.06. The molecule has 2 nitrogen and oxygen atoms in total. The summed E-state index contributed by atoms with van der Waals surface area (Å²) in [5, 5.41) is 0. The van der Waals surface area contributed by atoms with Gasteiger partial charge in [0.2, 0.25) is 0 Å². The molecule has 13 heavy (non-hydrogen) atoms. The highest BCUT2D eigenvalue weighted by molar-refractivity contribution is 6.16. The second-order valence-corrected chi connectivity index (χ2v) is 2.59. The molecule has 0 aromatic carbocycles. The molecule has 0 radical (unpaired) electrons. The van der Waals surface area contributed by atoms with Crippen molar-refractivity contribution in [1.29, 1.82) is 0 Å². The van der Waals surface area contributed by atoms with Gasteiger partial charge >= 0.3 is 0 Å².